The van der Waals surface area contributed by atoms with Gasteiger partial charge in [-0.2, -0.15) is 8.42 Å². The molecule has 110 valence electrons. The molecule has 0 spiro atoms. The van der Waals surface area contributed by atoms with Gasteiger partial charge in [0.2, 0.25) is 0 Å². The molecular weight excluding hydrogens is 320 g/mol. The summed E-state index contributed by atoms with van der Waals surface area (Å²) in [6, 6.07) is 5.71. The summed E-state index contributed by atoms with van der Waals surface area (Å²) in [6.07, 6.45) is 0. The van der Waals surface area contributed by atoms with E-state index in [0.717, 1.165) is 18.2 Å². The van der Waals surface area contributed by atoms with Crippen molar-refractivity contribution in [1.29, 1.82) is 0 Å². The number of hydrogen-bond acceptors (Lipinski definition) is 5. The fourth-order valence-corrected chi connectivity index (χ4v) is 3.26. The zero-order valence-corrected chi connectivity index (χ0v) is 12.2. The number of aromatic nitrogens is 2. The molecule has 0 fully saturated rings. The molecule has 0 radical (unpaired) electrons. The van der Waals surface area contributed by atoms with Gasteiger partial charge in [0, 0.05) is 6.07 Å². The Morgan fingerprint density at radius 3 is 2.57 bits per heavy atom. The zero-order valence-electron chi connectivity index (χ0n) is 10.6. The smallest absolute Gasteiger partial charge is 0.335 e. The van der Waals surface area contributed by atoms with Crippen LogP contribution < -0.4 is 5.56 Å². The predicted octanol–water partition coefficient (Wildman–Crippen LogP) is 1.14. The highest BCUT2D eigenvalue weighted by atomic mass is 35.5. The maximum Gasteiger partial charge on any atom is 0.335 e. The molecule has 0 aliphatic rings. The van der Waals surface area contributed by atoms with E-state index in [-0.39, 0.29) is 25.3 Å². The van der Waals surface area contributed by atoms with Crippen LogP contribution in [0.5, 0.6) is 0 Å². The van der Waals surface area contributed by atoms with Crippen molar-refractivity contribution in [3.63, 3.8) is 0 Å². The minimum absolute atomic E-state index is 0.176. The van der Waals surface area contributed by atoms with Gasteiger partial charge >= 0.3 is 5.97 Å². The molecule has 0 unspecified atom stereocenters. The highest BCUT2D eigenvalue weighted by Gasteiger charge is 2.23. The van der Waals surface area contributed by atoms with Crippen molar-refractivity contribution in [2.24, 2.45) is 0 Å². The molecule has 0 saturated carbocycles. The highest BCUT2D eigenvalue weighted by Crippen LogP contribution is 2.19. The van der Waals surface area contributed by atoms with E-state index >= 15 is 0 Å². The van der Waals surface area contributed by atoms with Crippen LogP contribution in [0.3, 0.4) is 0 Å². The predicted molar refractivity (Wildman–Crippen MR) is 74.2 cm³/mol. The maximum absolute atomic E-state index is 12.5. The molecule has 9 heteroatoms. The SMILES string of the molecule is Cc1ccc(C(=O)O)cc1S(=O)(=O)n1nc(Cl)ccc1=O. The number of carboxylic acid groups (broad SMARTS) is 1. The number of carboxylic acids is 1. The minimum atomic E-state index is -4.33. The van der Waals surface area contributed by atoms with E-state index in [1.807, 2.05) is 0 Å². The lowest BCUT2D eigenvalue weighted by Crippen LogP contribution is -2.29. The van der Waals surface area contributed by atoms with Gasteiger partial charge in [-0.3, -0.25) is 4.79 Å². The number of rotatable bonds is 3. The summed E-state index contributed by atoms with van der Waals surface area (Å²) in [5.41, 5.74) is -0.817. The van der Waals surface area contributed by atoms with Crippen molar-refractivity contribution >= 4 is 27.6 Å². The second kappa shape index (κ2) is 5.30. The van der Waals surface area contributed by atoms with E-state index in [2.05, 4.69) is 5.10 Å². The lowest BCUT2D eigenvalue weighted by molar-refractivity contribution is 0.0696. The van der Waals surface area contributed by atoms with Crippen molar-refractivity contribution < 1.29 is 18.3 Å². The van der Waals surface area contributed by atoms with Crippen molar-refractivity contribution in [3.8, 4) is 0 Å². The zero-order chi connectivity index (χ0) is 15.8. The first-order chi connectivity index (χ1) is 9.73. The summed E-state index contributed by atoms with van der Waals surface area (Å²) in [6.45, 7) is 1.48. The number of aryl methyl sites for hydroxylation is 1. The first-order valence-electron chi connectivity index (χ1n) is 5.59. The Bertz CT molecular complexity index is 889. The largest absolute Gasteiger partial charge is 0.478 e. The van der Waals surface area contributed by atoms with E-state index < -0.39 is 21.6 Å². The van der Waals surface area contributed by atoms with Crippen LogP contribution in [0.2, 0.25) is 5.15 Å². The molecule has 0 aliphatic heterocycles. The monoisotopic (exact) mass is 328 g/mol. The fraction of sp³-hybridized carbons (Fsp3) is 0.0833. The Morgan fingerprint density at radius 2 is 1.95 bits per heavy atom. The van der Waals surface area contributed by atoms with Gasteiger partial charge in [0.25, 0.3) is 15.6 Å². The number of hydrogen-bond donors (Lipinski definition) is 1. The second-order valence-corrected chi connectivity index (χ2v) is 6.25. The van der Waals surface area contributed by atoms with Gasteiger partial charge in [0.1, 0.15) is 0 Å². The lowest BCUT2D eigenvalue weighted by atomic mass is 10.1. The Kier molecular flexibility index (Phi) is 3.84. The highest BCUT2D eigenvalue weighted by molar-refractivity contribution is 7.89. The van der Waals surface area contributed by atoms with E-state index in [0.29, 0.717) is 0 Å². The number of halogens is 1. The van der Waals surface area contributed by atoms with E-state index in [1.54, 1.807) is 0 Å². The van der Waals surface area contributed by atoms with E-state index in [4.69, 9.17) is 16.7 Å². The third-order valence-electron chi connectivity index (χ3n) is 2.68. The summed E-state index contributed by atoms with van der Waals surface area (Å²) in [7, 11) is -4.33. The molecule has 0 aliphatic carbocycles. The molecule has 1 aromatic carbocycles. The average Bonchev–Trinajstić information content (AvgIpc) is 2.41. The summed E-state index contributed by atoms with van der Waals surface area (Å²) >= 11 is 5.60. The molecule has 7 nitrogen and oxygen atoms in total. The number of nitrogens with zero attached hydrogens (tertiary/aromatic N) is 2. The first-order valence-corrected chi connectivity index (χ1v) is 7.40. The first kappa shape index (κ1) is 15.2. The van der Waals surface area contributed by atoms with E-state index in [9.17, 15) is 18.0 Å². The van der Waals surface area contributed by atoms with Crippen molar-refractivity contribution in [1.82, 2.24) is 9.19 Å². The molecule has 0 atom stereocenters. The van der Waals surface area contributed by atoms with Gasteiger partial charge in [-0.25, -0.2) is 4.79 Å². The van der Waals surface area contributed by atoms with E-state index in [1.165, 1.54) is 19.1 Å². The molecule has 21 heavy (non-hydrogen) atoms. The van der Waals surface area contributed by atoms with Gasteiger partial charge < -0.3 is 5.11 Å². The summed E-state index contributed by atoms with van der Waals surface area (Å²) in [5, 5.41) is 12.2. The maximum atomic E-state index is 12.5. The molecule has 1 aromatic heterocycles. The molecule has 0 amide bonds. The van der Waals surface area contributed by atoms with Crippen LogP contribution in [-0.4, -0.2) is 28.7 Å². The topological polar surface area (TPSA) is 106 Å². The molecular formula is C12H9ClN2O5S. The Hall–Kier alpha value is -2.19. The van der Waals surface area contributed by atoms with Crippen molar-refractivity contribution in [3.05, 3.63) is 57.0 Å². The second-order valence-electron chi connectivity index (χ2n) is 4.13. The van der Waals surface area contributed by atoms with Crippen LogP contribution in [0.4, 0.5) is 0 Å². The summed E-state index contributed by atoms with van der Waals surface area (Å²) < 4.78 is 25.1. The third kappa shape index (κ3) is 2.81. The van der Waals surface area contributed by atoms with Crippen LogP contribution in [0.25, 0.3) is 0 Å². The van der Waals surface area contributed by atoms with Gasteiger partial charge in [-0.15, -0.1) is 9.19 Å². The molecule has 1 heterocycles. The van der Waals surface area contributed by atoms with Crippen molar-refractivity contribution in [2.75, 3.05) is 0 Å². The summed E-state index contributed by atoms with van der Waals surface area (Å²) in [4.78, 5) is 22.3. The van der Waals surface area contributed by atoms with Crippen molar-refractivity contribution in [2.45, 2.75) is 11.8 Å². The van der Waals surface area contributed by atoms with Crippen LogP contribution in [0.1, 0.15) is 15.9 Å². The van der Waals surface area contributed by atoms with Crippen LogP contribution in [-0.2, 0) is 10.0 Å². The number of aromatic carboxylic acids is 1. The van der Waals surface area contributed by atoms with Gasteiger partial charge in [-0.05, 0) is 30.7 Å². The third-order valence-corrected chi connectivity index (χ3v) is 4.59. The summed E-state index contributed by atoms with van der Waals surface area (Å²) in [5.74, 6) is -1.28. The Morgan fingerprint density at radius 1 is 1.29 bits per heavy atom. The quantitative estimate of drug-likeness (QED) is 0.905. The van der Waals surface area contributed by atoms with Gasteiger partial charge in [0.05, 0.1) is 10.5 Å². The average molecular weight is 329 g/mol. The number of benzene rings is 1. The van der Waals surface area contributed by atoms with Crippen LogP contribution in [0.15, 0.2) is 40.0 Å². The Balaban J connectivity index is 2.75. The normalized spacial score (nSPS) is 11.3. The number of carbonyl (C=O) groups is 1. The minimum Gasteiger partial charge on any atom is -0.478 e. The Labute approximate surface area is 124 Å². The molecule has 0 saturated heterocycles. The molecule has 2 aromatic rings. The molecule has 2 rings (SSSR count). The molecule has 1 N–H and O–H groups in total. The standard InChI is InChI=1S/C12H9ClN2O5S/c1-7-2-3-8(12(17)18)6-9(7)21(19,20)15-11(16)5-4-10(13)14-15/h2-6H,1H3,(H,17,18). The van der Waals surface area contributed by atoms with Crippen LogP contribution >= 0.6 is 11.6 Å². The van der Waals surface area contributed by atoms with Crippen LogP contribution in [0, 0.1) is 6.92 Å². The molecule has 0 bridgehead atoms. The van der Waals surface area contributed by atoms with Gasteiger partial charge in [-0.1, -0.05) is 17.7 Å². The lowest BCUT2D eigenvalue weighted by Gasteiger charge is -2.09. The fourth-order valence-electron chi connectivity index (χ4n) is 1.65. The van der Waals surface area contributed by atoms with Gasteiger partial charge in [0.15, 0.2) is 5.15 Å².